The van der Waals surface area contributed by atoms with Crippen molar-refractivity contribution in [1.82, 2.24) is 20.1 Å². The van der Waals surface area contributed by atoms with Crippen molar-refractivity contribution >= 4 is 33.3 Å². The molecule has 6 nitrogen and oxygen atoms in total. The summed E-state index contributed by atoms with van der Waals surface area (Å²) >= 11 is 1.36. The maximum Gasteiger partial charge on any atom is 0.242 e. The molecule has 3 N–H and O–H groups in total. The molecule has 0 radical (unpaired) electrons. The van der Waals surface area contributed by atoms with Crippen molar-refractivity contribution in [3.05, 3.63) is 41.5 Å². The standard InChI is InChI=1S/C13H13N5OS/c14-13-16-10(8-20-13)5-15-12(19)7-18-6-9-3-1-2-4-11(9)17-18/h1-4,6,8H,5,7H2,(H2,14,16)(H,15,19). The highest BCUT2D eigenvalue weighted by atomic mass is 32.1. The van der Waals surface area contributed by atoms with Crippen molar-refractivity contribution in [2.75, 3.05) is 5.73 Å². The fourth-order valence-electron chi connectivity index (χ4n) is 1.89. The molecule has 0 bridgehead atoms. The Morgan fingerprint density at radius 1 is 1.40 bits per heavy atom. The van der Waals surface area contributed by atoms with Gasteiger partial charge in [0.05, 0.1) is 17.8 Å². The molecular formula is C13H13N5OS. The van der Waals surface area contributed by atoms with E-state index in [4.69, 9.17) is 5.73 Å². The summed E-state index contributed by atoms with van der Waals surface area (Å²) in [6.45, 7) is 0.571. The number of nitrogen functional groups attached to an aromatic ring is 1. The van der Waals surface area contributed by atoms with E-state index in [0.29, 0.717) is 11.7 Å². The average molecular weight is 287 g/mol. The minimum atomic E-state index is -0.107. The third-order valence-electron chi connectivity index (χ3n) is 2.80. The number of amides is 1. The molecule has 1 aromatic carbocycles. The first kappa shape index (κ1) is 12.6. The molecule has 7 heteroatoms. The quantitative estimate of drug-likeness (QED) is 0.759. The number of hydrogen-bond acceptors (Lipinski definition) is 5. The zero-order chi connectivity index (χ0) is 13.9. The van der Waals surface area contributed by atoms with Gasteiger partial charge in [-0.25, -0.2) is 4.98 Å². The van der Waals surface area contributed by atoms with Crippen LogP contribution in [0.1, 0.15) is 5.69 Å². The topological polar surface area (TPSA) is 85.8 Å². The molecule has 102 valence electrons. The molecule has 0 saturated carbocycles. The van der Waals surface area contributed by atoms with Gasteiger partial charge in [0.1, 0.15) is 6.54 Å². The van der Waals surface area contributed by atoms with Crippen LogP contribution in [0.15, 0.2) is 35.8 Å². The fraction of sp³-hybridized carbons (Fsp3) is 0.154. The number of nitrogens with one attached hydrogen (secondary N) is 1. The Balaban J connectivity index is 1.60. The zero-order valence-electron chi connectivity index (χ0n) is 10.6. The summed E-state index contributed by atoms with van der Waals surface area (Å²) in [5.74, 6) is -0.107. The van der Waals surface area contributed by atoms with E-state index in [0.717, 1.165) is 16.6 Å². The molecule has 3 rings (SSSR count). The number of aromatic nitrogens is 3. The molecule has 0 aliphatic rings. The van der Waals surface area contributed by atoms with Gasteiger partial charge in [0, 0.05) is 17.0 Å². The van der Waals surface area contributed by atoms with Gasteiger partial charge in [-0.2, -0.15) is 5.10 Å². The second kappa shape index (κ2) is 5.30. The van der Waals surface area contributed by atoms with Crippen molar-refractivity contribution in [3.63, 3.8) is 0 Å². The van der Waals surface area contributed by atoms with Gasteiger partial charge in [-0.3, -0.25) is 9.48 Å². The predicted octanol–water partition coefficient (Wildman–Crippen LogP) is 1.39. The second-order valence-electron chi connectivity index (χ2n) is 4.34. The number of nitrogens with two attached hydrogens (primary N) is 1. The largest absolute Gasteiger partial charge is 0.375 e. The number of rotatable bonds is 4. The van der Waals surface area contributed by atoms with Crippen LogP contribution < -0.4 is 11.1 Å². The Hall–Kier alpha value is -2.41. The number of hydrogen-bond donors (Lipinski definition) is 2. The van der Waals surface area contributed by atoms with E-state index in [1.54, 1.807) is 4.68 Å². The van der Waals surface area contributed by atoms with Gasteiger partial charge in [0.15, 0.2) is 5.13 Å². The summed E-state index contributed by atoms with van der Waals surface area (Å²) in [5, 5.41) is 10.5. The monoisotopic (exact) mass is 287 g/mol. The summed E-state index contributed by atoms with van der Waals surface area (Å²) in [6.07, 6.45) is 1.86. The van der Waals surface area contributed by atoms with Crippen LogP contribution in [0.3, 0.4) is 0 Å². The van der Waals surface area contributed by atoms with Crippen molar-refractivity contribution in [2.45, 2.75) is 13.1 Å². The van der Waals surface area contributed by atoms with Crippen molar-refractivity contribution < 1.29 is 4.79 Å². The maximum atomic E-state index is 11.8. The number of benzene rings is 1. The lowest BCUT2D eigenvalue weighted by molar-refractivity contribution is -0.122. The SMILES string of the molecule is Nc1nc(CNC(=O)Cn2cc3ccccc3n2)cs1. The fourth-order valence-corrected chi connectivity index (χ4v) is 2.46. The van der Waals surface area contributed by atoms with E-state index in [1.807, 2.05) is 35.8 Å². The van der Waals surface area contributed by atoms with Crippen LogP contribution in [0.2, 0.25) is 0 Å². The van der Waals surface area contributed by atoms with E-state index < -0.39 is 0 Å². The molecule has 2 aromatic heterocycles. The Morgan fingerprint density at radius 3 is 3.00 bits per heavy atom. The first-order chi connectivity index (χ1) is 9.70. The number of nitrogens with zero attached hydrogens (tertiary/aromatic N) is 3. The van der Waals surface area contributed by atoms with Gasteiger partial charge >= 0.3 is 0 Å². The first-order valence-electron chi connectivity index (χ1n) is 6.09. The number of carbonyl (C=O) groups excluding carboxylic acids is 1. The number of fused-ring (bicyclic) bond motifs is 1. The molecule has 0 fully saturated rings. The van der Waals surface area contributed by atoms with Gasteiger partial charge < -0.3 is 11.1 Å². The van der Waals surface area contributed by atoms with Gasteiger partial charge in [0.25, 0.3) is 0 Å². The third-order valence-corrected chi connectivity index (χ3v) is 3.53. The summed E-state index contributed by atoms with van der Waals surface area (Å²) < 4.78 is 1.63. The number of carbonyl (C=O) groups is 1. The lowest BCUT2D eigenvalue weighted by atomic mass is 10.3. The summed E-state index contributed by atoms with van der Waals surface area (Å²) in [6, 6.07) is 7.75. The minimum Gasteiger partial charge on any atom is -0.375 e. The molecule has 3 aromatic rings. The lowest BCUT2D eigenvalue weighted by Gasteiger charge is -2.03. The molecular weight excluding hydrogens is 274 g/mol. The smallest absolute Gasteiger partial charge is 0.242 e. The van der Waals surface area contributed by atoms with Crippen molar-refractivity contribution in [3.8, 4) is 0 Å². The molecule has 0 saturated heterocycles. The van der Waals surface area contributed by atoms with Crippen molar-refractivity contribution in [2.24, 2.45) is 0 Å². The van der Waals surface area contributed by atoms with E-state index >= 15 is 0 Å². The molecule has 2 heterocycles. The van der Waals surface area contributed by atoms with Gasteiger partial charge in [0.2, 0.25) is 5.91 Å². The molecule has 20 heavy (non-hydrogen) atoms. The predicted molar refractivity (Wildman–Crippen MR) is 78.1 cm³/mol. The van der Waals surface area contributed by atoms with E-state index in [2.05, 4.69) is 15.4 Å². The first-order valence-corrected chi connectivity index (χ1v) is 6.97. The van der Waals surface area contributed by atoms with E-state index in [-0.39, 0.29) is 12.5 Å². The van der Waals surface area contributed by atoms with Crippen LogP contribution in [0.25, 0.3) is 10.9 Å². The summed E-state index contributed by atoms with van der Waals surface area (Å²) in [5.41, 5.74) is 7.18. The zero-order valence-corrected chi connectivity index (χ0v) is 11.4. The number of anilines is 1. The third kappa shape index (κ3) is 2.77. The van der Waals surface area contributed by atoms with Crippen LogP contribution in [0.5, 0.6) is 0 Å². The summed E-state index contributed by atoms with van der Waals surface area (Å²) in [7, 11) is 0. The van der Waals surface area contributed by atoms with Crippen LogP contribution in [-0.4, -0.2) is 20.7 Å². The Morgan fingerprint density at radius 2 is 2.25 bits per heavy atom. The molecule has 0 spiro atoms. The van der Waals surface area contributed by atoms with Crippen LogP contribution in [0.4, 0.5) is 5.13 Å². The summed E-state index contributed by atoms with van der Waals surface area (Å²) in [4.78, 5) is 15.9. The number of thiazole rings is 1. The Labute approximate surface area is 119 Å². The van der Waals surface area contributed by atoms with E-state index in [9.17, 15) is 4.79 Å². The van der Waals surface area contributed by atoms with Gasteiger partial charge in [-0.1, -0.05) is 18.2 Å². The average Bonchev–Trinajstić information content (AvgIpc) is 3.01. The van der Waals surface area contributed by atoms with Crippen molar-refractivity contribution in [1.29, 1.82) is 0 Å². The van der Waals surface area contributed by atoms with Crippen LogP contribution in [-0.2, 0) is 17.9 Å². The van der Waals surface area contributed by atoms with Crippen LogP contribution in [0, 0.1) is 0 Å². The molecule has 1 amide bonds. The molecule has 0 unspecified atom stereocenters. The Bertz CT molecular complexity index is 715. The Kier molecular flexibility index (Phi) is 3.34. The highest BCUT2D eigenvalue weighted by Gasteiger charge is 2.06. The molecule has 0 atom stereocenters. The van der Waals surface area contributed by atoms with Gasteiger partial charge in [-0.15, -0.1) is 11.3 Å². The minimum absolute atomic E-state index is 0.107. The lowest BCUT2D eigenvalue weighted by Crippen LogP contribution is -2.27. The maximum absolute atomic E-state index is 11.8. The highest BCUT2D eigenvalue weighted by Crippen LogP contribution is 2.11. The van der Waals surface area contributed by atoms with E-state index in [1.165, 1.54) is 11.3 Å². The van der Waals surface area contributed by atoms with Gasteiger partial charge in [-0.05, 0) is 6.07 Å². The normalized spacial score (nSPS) is 10.8. The molecule has 0 aliphatic carbocycles. The second-order valence-corrected chi connectivity index (χ2v) is 5.23. The van der Waals surface area contributed by atoms with Crippen LogP contribution >= 0.6 is 11.3 Å². The molecule has 0 aliphatic heterocycles. The highest BCUT2D eigenvalue weighted by molar-refractivity contribution is 7.13.